The van der Waals surface area contributed by atoms with Crippen molar-refractivity contribution in [2.45, 2.75) is 26.8 Å². The molecule has 0 unspecified atom stereocenters. The highest BCUT2D eigenvalue weighted by atomic mass is 35.5. The fourth-order valence-electron chi connectivity index (χ4n) is 4.02. The molecule has 3 aromatic rings. The summed E-state index contributed by atoms with van der Waals surface area (Å²) >= 11 is 6.39. The fourth-order valence-corrected chi connectivity index (χ4v) is 4.32. The van der Waals surface area contributed by atoms with Gasteiger partial charge in [0.1, 0.15) is 17.2 Å². The first kappa shape index (κ1) is 25.1. The van der Waals surface area contributed by atoms with E-state index in [1.54, 1.807) is 24.8 Å². The number of esters is 1. The summed E-state index contributed by atoms with van der Waals surface area (Å²) in [4.78, 5) is 38.4. The van der Waals surface area contributed by atoms with Crippen molar-refractivity contribution < 1.29 is 29.0 Å². The van der Waals surface area contributed by atoms with E-state index in [1.165, 1.54) is 29.8 Å². The molecular weight excluding hydrogens is 484 g/mol. The van der Waals surface area contributed by atoms with E-state index in [4.69, 9.17) is 16.3 Å². The molecule has 0 aromatic heterocycles. The molecule has 36 heavy (non-hydrogen) atoms. The van der Waals surface area contributed by atoms with Gasteiger partial charge in [-0.1, -0.05) is 35.9 Å². The normalized spacial score (nSPS) is 12.5. The van der Waals surface area contributed by atoms with Crippen LogP contribution in [0.15, 0.2) is 54.6 Å². The number of halogens is 1. The summed E-state index contributed by atoms with van der Waals surface area (Å²) in [6.07, 6.45) is 0.743. The Bertz CT molecular complexity index is 1320. The topological polar surface area (TPSA) is 105 Å². The largest absolute Gasteiger partial charge is 0.507 e. The number of ether oxygens (including phenoxy) is 2. The molecule has 186 valence electrons. The molecule has 1 heterocycles. The van der Waals surface area contributed by atoms with Crippen molar-refractivity contribution >= 4 is 35.1 Å². The van der Waals surface area contributed by atoms with E-state index >= 15 is 0 Å². The van der Waals surface area contributed by atoms with Crippen molar-refractivity contribution in [2.24, 2.45) is 0 Å². The summed E-state index contributed by atoms with van der Waals surface area (Å²) in [5, 5.41) is 13.0. The Hall–Kier alpha value is -4.04. The summed E-state index contributed by atoms with van der Waals surface area (Å²) in [6.45, 7) is 4.42. The lowest BCUT2D eigenvalue weighted by Gasteiger charge is -2.29. The molecule has 0 spiro atoms. The zero-order chi connectivity index (χ0) is 25.8. The number of fused-ring (bicyclic) bond motifs is 1. The van der Waals surface area contributed by atoms with Crippen LogP contribution in [0.1, 0.15) is 34.0 Å². The molecule has 0 radical (unpaired) electrons. The lowest BCUT2D eigenvalue weighted by atomic mass is 9.99. The van der Waals surface area contributed by atoms with E-state index in [2.05, 4.69) is 16.1 Å². The lowest BCUT2D eigenvalue weighted by Crippen LogP contribution is -2.35. The second-order valence-electron chi connectivity index (χ2n) is 8.31. The average Bonchev–Trinajstić information content (AvgIpc) is 2.86. The Morgan fingerprint density at radius 2 is 1.83 bits per heavy atom. The number of rotatable bonds is 5. The van der Waals surface area contributed by atoms with Crippen LogP contribution in [-0.2, 0) is 27.3 Å². The number of anilines is 1. The van der Waals surface area contributed by atoms with E-state index in [1.807, 2.05) is 18.2 Å². The van der Waals surface area contributed by atoms with Crippen LogP contribution in [0.25, 0.3) is 0 Å². The predicted octanol–water partition coefficient (Wildman–Crippen LogP) is 4.85. The number of amides is 2. The number of hydrogen-bond donors (Lipinski definition) is 2. The second-order valence-corrected chi connectivity index (χ2v) is 8.71. The van der Waals surface area contributed by atoms with E-state index < -0.39 is 11.9 Å². The molecule has 0 bridgehead atoms. The molecule has 9 heteroatoms. The van der Waals surface area contributed by atoms with Gasteiger partial charge in [0.15, 0.2) is 0 Å². The lowest BCUT2D eigenvalue weighted by molar-refractivity contribution is -0.152. The number of hydrogen-bond acceptors (Lipinski definition) is 6. The Morgan fingerprint density at radius 3 is 2.56 bits per heavy atom. The summed E-state index contributed by atoms with van der Waals surface area (Å²) in [7, 11) is 0. The van der Waals surface area contributed by atoms with Gasteiger partial charge in [0, 0.05) is 18.8 Å². The summed E-state index contributed by atoms with van der Waals surface area (Å²) < 4.78 is 10.6. The summed E-state index contributed by atoms with van der Waals surface area (Å²) in [5.41, 5.74) is 3.31. The number of aryl methyl sites for hydroxylation is 1. The standard InChI is InChI=1S/C27H25ClN2O6/c1-3-35-27(34)25(32)29-19-12-16(2)24(22(28)13-19)36-20-8-9-23(31)21(14-20)26(33)30-11-10-17-6-4-5-7-18(17)15-30/h4-9,12-14,31H,3,10-11,15H2,1-2H3,(H,29,32). The molecule has 0 saturated heterocycles. The van der Waals surface area contributed by atoms with Crippen molar-refractivity contribution in [3.8, 4) is 17.2 Å². The van der Waals surface area contributed by atoms with Crippen LogP contribution in [0, 0.1) is 6.92 Å². The van der Waals surface area contributed by atoms with E-state index in [-0.39, 0.29) is 28.8 Å². The first-order valence-electron chi connectivity index (χ1n) is 11.4. The molecule has 0 atom stereocenters. The number of aromatic hydroxyl groups is 1. The van der Waals surface area contributed by atoms with Gasteiger partial charge in [0.2, 0.25) is 0 Å². The van der Waals surface area contributed by atoms with Crippen LogP contribution in [0.5, 0.6) is 17.2 Å². The molecule has 1 aliphatic rings. The smallest absolute Gasteiger partial charge is 0.397 e. The third-order valence-corrected chi connectivity index (χ3v) is 6.06. The molecule has 0 aliphatic carbocycles. The van der Waals surface area contributed by atoms with Gasteiger partial charge in [0.25, 0.3) is 5.91 Å². The van der Waals surface area contributed by atoms with Crippen molar-refractivity contribution in [1.29, 1.82) is 0 Å². The number of phenolic OH excluding ortho intramolecular Hbond substituents is 1. The predicted molar refractivity (Wildman–Crippen MR) is 135 cm³/mol. The summed E-state index contributed by atoms with van der Waals surface area (Å²) in [6, 6.07) is 15.4. The number of carbonyl (C=O) groups is 3. The number of nitrogens with one attached hydrogen (secondary N) is 1. The third-order valence-electron chi connectivity index (χ3n) is 5.78. The molecule has 0 fully saturated rings. The maximum Gasteiger partial charge on any atom is 0.397 e. The maximum atomic E-state index is 13.2. The van der Waals surface area contributed by atoms with Crippen LogP contribution in [0.4, 0.5) is 5.69 Å². The van der Waals surface area contributed by atoms with Gasteiger partial charge in [-0.25, -0.2) is 4.79 Å². The van der Waals surface area contributed by atoms with Crippen molar-refractivity contribution in [1.82, 2.24) is 4.90 Å². The highest BCUT2D eigenvalue weighted by Crippen LogP contribution is 2.37. The average molecular weight is 509 g/mol. The first-order chi connectivity index (χ1) is 17.3. The molecule has 3 aromatic carbocycles. The zero-order valence-corrected chi connectivity index (χ0v) is 20.6. The third kappa shape index (κ3) is 5.44. The number of nitrogens with zero attached hydrogens (tertiary/aromatic N) is 1. The molecule has 8 nitrogen and oxygen atoms in total. The molecule has 4 rings (SSSR count). The van der Waals surface area contributed by atoms with E-state index in [0.29, 0.717) is 35.8 Å². The maximum absolute atomic E-state index is 13.2. The Balaban J connectivity index is 1.52. The van der Waals surface area contributed by atoms with Gasteiger partial charge in [-0.3, -0.25) is 9.59 Å². The fraction of sp³-hybridized carbons (Fsp3) is 0.222. The van der Waals surface area contributed by atoms with Gasteiger partial charge in [-0.05, 0) is 67.3 Å². The molecule has 0 saturated carbocycles. The van der Waals surface area contributed by atoms with Gasteiger partial charge < -0.3 is 24.8 Å². The molecule has 2 N–H and O–H groups in total. The number of phenols is 1. The van der Waals surface area contributed by atoms with Gasteiger partial charge in [-0.2, -0.15) is 0 Å². The van der Waals surface area contributed by atoms with Gasteiger partial charge in [-0.15, -0.1) is 0 Å². The number of carbonyl (C=O) groups excluding carboxylic acids is 3. The van der Waals surface area contributed by atoms with Crippen LogP contribution in [-0.4, -0.2) is 40.9 Å². The van der Waals surface area contributed by atoms with Crippen LogP contribution in [0.3, 0.4) is 0 Å². The highest BCUT2D eigenvalue weighted by Gasteiger charge is 2.24. The molecular formula is C27H25ClN2O6. The summed E-state index contributed by atoms with van der Waals surface area (Å²) in [5.74, 6) is -1.74. The van der Waals surface area contributed by atoms with E-state index in [0.717, 1.165) is 12.0 Å². The Labute approximate surface area is 213 Å². The SMILES string of the molecule is CCOC(=O)C(=O)Nc1cc(C)c(Oc2ccc(O)c(C(=O)N3CCc4ccccc4C3)c2)c(Cl)c1. The first-order valence-corrected chi connectivity index (χ1v) is 11.8. The van der Waals surface area contributed by atoms with E-state index in [9.17, 15) is 19.5 Å². The number of benzene rings is 3. The Kier molecular flexibility index (Phi) is 7.45. The second kappa shape index (κ2) is 10.7. The van der Waals surface area contributed by atoms with Crippen molar-refractivity contribution in [2.75, 3.05) is 18.5 Å². The molecule has 1 aliphatic heterocycles. The van der Waals surface area contributed by atoms with Crippen molar-refractivity contribution in [3.63, 3.8) is 0 Å². The minimum absolute atomic E-state index is 0.0843. The monoisotopic (exact) mass is 508 g/mol. The van der Waals surface area contributed by atoms with Crippen LogP contribution in [0.2, 0.25) is 5.02 Å². The highest BCUT2D eigenvalue weighted by molar-refractivity contribution is 6.37. The Morgan fingerprint density at radius 1 is 1.08 bits per heavy atom. The quantitative estimate of drug-likeness (QED) is 0.377. The van der Waals surface area contributed by atoms with Gasteiger partial charge in [0.05, 0.1) is 17.2 Å². The minimum Gasteiger partial charge on any atom is -0.507 e. The molecule has 2 amide bonds. The van der Waals surface area contributed by atoms with Crippen molar-refractivity contribution in [3.05, 3.63) is 81.9 Å². The van der Waals surface area contributed by atoms with Crippen LogP contribution >= 0.6 is 11.6 Å². The zero-order valence-electron chi connectivity index (χ0n) is 19.8. The van der Waals surface area contributed by atoms with Gasteiger partial charge >= 0.3 is 11.9 Å². The van der Waals surface area contributed by atoms with Crippen LogP contribution < -0.4 is 10.1 Å². The minimum atomic E-state index is -0.995.